The molecule has 2 aromatic carbocycles. The fraction of sp³-hybridized carbons (Fsp3) is 0.414. The largest absolute Gasteiger partial charge is 0.481 e. The monoisotopic (exact) mass is 590 g/mol. The molecular weight excluding hydrogens is 559 g/mol. The van der Waals surface area contributed by atoms with Crippen LogP contribution in [0.4, 0.5) is 45.0 Å². The Bertz CT molecular complexity index is 1490. The molecule has 0 radical (unpaired) electrons. The zero-order valence-corrected chi connectivity index (χ0v) is 23.6. The van der Waals surface area contributed by atoms with Gasteiger partial charge in [-0.25, -0.2) is 18.7 Å². The Morgan fingerprint density at radius 1 is 1.05 bits per heavy atom. The Kier molecular flexibility index (Phi) is 7.97. The molecular formula is C29H31F5N6O2. The predicted molar refractivity (Wildman–Crippen MR) is 149 cm³/mol. The van der Waals surface area contributed by atoms with Gasteiger partial charge >= 0.3 is 6.18 Å². The predicted octanol–water partition coefficient (Wildman–Crippen LogP) is 5.85. The van der Waals surface area contributed by atoms with E-state index in [2.05, 4.69) is 20.2 Å². The molecule has 8 nitrogen and oxygen atoms in total. The Morgan fingerprint density at radius 3 is 2.38 bits per heavy atom. The van der Waals surface area contributed by atoms with Gasteiger partial charge in [0.2, 0.25) is 5.95 Å². The van der Waals surface area contributed by atoms with Crippen LogP contribution in [-0.4, -0.2) is 66.7 Å². The highest BCUT2D eigenvalue weighted by Crippen LogP contribution is 2.47. The molecule has 0 atom stereocenters. The van der Waals surface area contributed by atoms with Gasteiger partial charge < -0.3 is 24.8 Å². The average molecular weight is 591 g/mol. The molecule has 1 saturated heterocycles. The van der Waals surface area contributed by atoms with Crippen LogP contribution in [0, 0.1) is 11.6 Å². The van der Waals surface area contributed by atoms with Crippen LogP contribution in [0.5, 0.6) is 5.75 Å². The van der Waals surface area contributed by atoms with Crippen molar-refractivity contribution in [3.05, 3.63) is 53.7 Å². The smallest absolute Gasteiger partial charge is 0.420 e. The van der Waals surface area contributed by atoms with E-state index in [0.717, 1.165) is 25.1 Å². The van der Waals surface area contributed by atoms with Crippen LogP contribution in [0.2, 0.25) is 0 Å². The maximum absolute atomic E-state index is 15.1. The molecule has 0 unspecified atom stereocenters. The summed E-state index contributed by atoms with van der Waals surface area (Å²) in [7, 11) is 4.06. The van der Waals surface area contributed by atoms with Crippen LogP contribution in [0.1, 0.15) is 32.3 Å². The maximum atomic E-state index is 15.1. The van der Waals surface area contributed by atoms with E-state index >= 15 is 4.39 Å². The van der Waals surface area contributed by atoms with Gasteiger partial charge in [-0.15, -0.1) is 0 Å². The SMILES string of the molecule is CC(C)N1C(=O)COc2c1cc(-c1nc(Nc3ccc(N4CCC(N(C)C)CC4)c(F)c3)ncc1F)cc2C(F)(F)F. The van der Waals surface area contributed by atoms with Crippen LogP contribution >= 0.6 is 0 Å². The van der Waals surface area contributed by atoms with E-state index in [4.69, 9.17) is 4.74 Å². The number of benzene rings is 2. The lowest BCUT2D eigenvalue weighted by Crippen LogP contribution is -2.43. The van der Waals surface area contributed by atoms with E-state index in [1.165, 1.54) is 17.0 Å². The van der Waals surface area contributed by atoms with E-state index in [-0.39, 0.29) is 22.9 Å². The van der Waals surface area contributed by atoms with Gasteiger partial charge in [-0.05, 0) is 71.1 Å². The number of amides is 1. The van der Waals surface area contributed by atoms with E-state index < -0.39 is 53.4 Å². The molecule has 13 heteroatoms. The average Bonchev–Trinajstić information content (AvgIpc) is 2.92. The van der Waals surface area contributed by atoms with Crippen molar-refractivity contribution >= 4 is 28.9 Å². The van der Waals surface area contributed by atoms with E-state index in [1.54, 1.807) is 26.0 Å². The second-order valence-corrected chi connectivity index (χ2v) is 10.9. The molecule has 3 aromatic rings. The molecule has 1 N–H and O–H groups in total. The molecule has 1 fully saturated rings. The number of halogens is 5. The van der Waals surface area contributed by atoms with Crippen molar-refractivity contribution in [2.45, 2.75) is 44.9 Å². The number of fused-ring (bicyclic) bond motifs is 1. The molecule has 1 aromatic heterocycles. The summed E-state index contributed by atoms with van der Waals surface area (Å²) in [4.78, 5) is 25.8. The Morgan fingerprint density at radius 2 is 1.76 bits per heavy atom. The van der Waals surface area contributed by atoms with Crippen LogP contribution in [-0.2, 0) is 11.0 Å². The molecule has 5 rings (SSSR count). The van der Waals surface area contributed by atoms with Crippen molar-refractivity contribution in [2.24, 2.45) is 0 Å². The number of carbonyl (C=O) groups excluding carboxylic acids is 1. The number of piperidine rings is 1. The zero-order valence-electron chi connectivity index (χ0n) is 23.6. The summed E-state index contributed by atoms with van der Waals surface area (Å²) < 4.78 is 77.4. The first-order chi connectivity index (χ1) is 19.8. The standard InChI is InChI=1S/C29H31F5N6O2/c1-16(2)40-24-12-17(11-20(29(32,33)34)27(24)42-15-25(40)41)26-22(31)14-35-28(37-26)36-18-5-6-23(21(30)13-18)39-9-7-19(8-10-39)38(3)4/h5-6,11-14,16,19H,7-10,15H2,1-4H3,(H,35,36,37). The molecule has 0 spiro atoms. The maximum Gasteiger partial charge on any atom is 0.420 e. The molecule has 0 aliphatic carbocycles. The van der Waals surface area contributed by atoms with E-state index in [0.29, 0.717) is 24.8 Å². The zero-order chi connectivity index (χ0) is 30.3. The quantitative estimate of drug-likeness (QED) is 0.361. The summed E-state index contributed by atoms with van der Waals surface area (Å²) in [6.45, 7) is 4.17. The minimum Gasteiger partial charge on any atom is -0.481 e. The molecule has 0 bridgehead atoms. The Labute approximate surface area is 240 Å². The molecule has 42 heavy (non-hydrogen) atoms. The number of ether oxygens (including phenoxy) is 1. The third-order valence-corrected chi connectivity index (χ3v) is 7.52. The summed E-state index contributed by atoms with van der Waals surface area (Å²) in [5.41, 5.74) is -1.21. The summed E-state index contributed by atoms with van der Waals surface area (Å²) in [6.07, 6.45) is -2.22. The number of nitrogens with one attached hydrogen (secondary N) is 1. The van der Waals surface area contributed by atoms with Crippen LogP contribution in [0.25, 0.3) is 11.3 Å². The van der Waals surface area contributed by atoms with Crippen LogP contribution in [0.15, 0.2) is 36.5 Å². The van der Waals surface area contributed by atoms with E-state index in [9.17, 15) is 22.4 Å². The Balaban J connectivity index is 1.45. The normalized spacial score (nSPS) is 16.2. The van der Waals surface area contributed by atoms with Crippen molar-refractivity contribution in [1.82, 2.24) is 14.9 Å². The number of rotatable bonds is 6. The molecule has 2 aliphatic heterocycles. The van der Waals surface area contributed by atoms with Gasteiger partial charge in [-0.2, -0.15) is 13.2 Å². The Hall–Kier alpha value is -4.00. The van der Waals surface area contributed by atoms with Crippen LogP contribution < -0.4 is 19.9 Å². The first kappa shape index (κ1) is 29.5. The third-order valence-electron chi connectivity index (χ3n) is 7.52. The van der Waals surface area contributed by atoms with Gasteiger partial charge in [-0.3, -0.25) is 4.79 Å². The number of hydrogen-bond acceptors (Lipinski definition) is 7. The van der Waals surface area contributed by atoms with Gasteiger partial charge in [0.15, 0.2) is 18.2 Å². The minimum absolute atomic E-state index is 0.133. The van der Waals surface area contributed by atoms with Gasteiger partial charge in [0.1, 0.15) is 17.1 Å². The second-order valence-electron chi connectivity index (χ2n) is 10.9. The van der Waals surface area contributed by atoms with Gasteiger partial charge in [0.25, 0.3) is 5.91 Å². The number of hydrogen-bond donors (Lipinski definition) is 1. The lowest BCUT2D eigenvalue weighted by Gasteiger charge is -2.36. The van der Waals surface area contributed by atoms with Crippen molar-refractivity contribution in [2.75, 3.05) is 48.9 Å². The number of nitrogens with zero attached hydrogens (tertiary/aromatic N) is 5. The van der Waals surface area contributed by atoms with Crippen molar-refractivity contribution in [3.63, 3.8) is 0 Å². The number of alkyl halides is 3. The van der Waals surface area contributed by atoms with Crippen molar-refractivity contribution < 1.29 is 31.5 Å². The fourth-order valence-electron chi connectivity index (χ4n) is 5.42. The lowest BCUT2D eigenvalue weighted by molar-refractivity contribution is -0.140. The lowest BCUT2D eigenvalue weighted by atomic mass is 10.0. The van der Waals surface area contributed by atoms with E-state index in [1.807, 2.05) is 19.0 Å². The summed E-state index contributed by atoms with van der Waals surface area (Å²) in [5, 5.41) is 2.81. The van der Waals surface area contributed by atoms with Gasteiger partial charge in [0, 0.05) is 36.4 Å². The number of aromatic nitrogens is 2. The number of anilines is 4. The van der Waals surface area contributed by atoms with Gasteiger partial charge in [-0.1, -0.05) is 0 Å². The molecule has 2 aliphatic rings. The molecule has 3 heterocycles. The minimum atomic E-state index is -4.85. The fourth-order valence-corrected chi connectivity index (χ4v) is 5.42. The van der Waals surface area contributed by atoms with Crippen molar-refractivity contribution in [3.8, 4) is 17.0 Å². The highest BCUT2D eigenvalue weighted by Gasteiger charge is 2.40. The third kappa shape index (κ3) is 5.83. The summed E-state index contributed by atoms with van der Waals surface area (Å²) >= 11 is 0. The first-order valence-corrected chi connectivity index (χ1v) is 13.5. The highest BCUT2D eigenvalue weighted by atomic mass is 19.4. The molecule has 0 saturated carbocycles. The topological polar surface area (TPSA) is 73.8 Å². The van der Waals surface area contributed by atoms with Gasteiger partial charge in [0.05, 0.1) is 17.6 Å². The first-order valence-electron chi connectivity index (χ1n) is 13.5. The summed E-state index contributed by atoms with van der Waals surface area (Å²) in [5.74, 6) is -2.62. The highest BCUT2D eigenvalue weighted by molar-refractivity contribution is 5.99. The van der Waals surface area contributed by atoms with Crippen LogP contribution in [0.3, 0.4) is 0 Å². The number of carbonyl (C=O) groups is 1. The molecule has 1 amide bonds. The van der Waals surface area contributed by atoms with Crippen molar-refractivity contribution in [1.29, 1.82) is 0 Å². The second kappa shape index (κ2) is 11.3. The summed E-state index contributed by atoms with van der Waals surface area (Å²) in [6, 6.07) is 6.46. The molecule has 224 valence electrons.